The topological polar surface area (TPSA) is 105 Å². The van der Waals surface area contributed by atoms with Gasteiger partial charge in [-0.1, -0.05) is 0 Å². The molecule has 0 saturated carbocycles. The minimum Gasteiger partial charge on any atom is -0.520 e. The van der Waals surface area contributed by atoms with Gasteiger partial charge in [-0.25, -0.2) is 0 Å². The quantitative estimate of drug-likeness (QED) is 0.155. The summed E-state index contributed by atoms with van der Waals surface area (Å²) in [7, 11) is 10.3. The smallest absolute Gasteiger partial charge is 0.00989 e. The second-order valence-electron chi connectivity index (χ2n) is 5.26. The number of hydrogen-bond acceptors (Lipinski definition) is 6. The van der Waals surface area contributed by atoms with Gasteiger partial charge in [0.05, 0.1) is 0 Å². The van der Waals surface area contributed by atoms with E-state index in [1.54, 1.807) is 53.8 Å². The Labute approximate surface area is 157 Å². The summed E-state index contributed by atoms with van der Waals surface area (Å²) in [6, 6.07) is 0. The van der Waals surface area contributed by atoms with Crippen LogP contribution in [-0.2, 0) is 19.2 Å². The van der Waals surface area contributed by atoms with Gasteiger partial charge in [-0.3, -0.25) is 0 Å². The van der Waals surface area contributed by atoms with E-state index in [9.17, 15) is 19.2 Å². The first-order chi connectivity index (χ1) is 12.3. The molecule has 0 aliphatic rings. The van der Waals surface area contributed by atoms with Crippen molar-refractivity contribution in [3.8, 4) is 0 Å². The fourth-order valence-electron chi connectivity index (χ4n) is 1.04. The van der Waals surface area contributed by atoms with E-state index in [2.05, 4.69) is 10.6 Å². The fourth-order valence-corrected chi connectivity index (χ4v) is 1.04. The van der Waals surface area contributed by atoms with Crippen LogP contribution in [-0.4, -0.2) is 127 Å². The Morgan fingerprint density at radius 3 is 0.929 bits per heavy atom. The molecule has 0 aromatic carbocycles. The van der Waals surface area contributed by atoms with Crippen molar-refractivity contribution in [3.05, 3.63) is 0 Å². The first-order valence-corrected chi connectivity index (χ1v) is 7.97. The molecule has 0 aromatic rings. The molecule has 10 nitrogen and oxygen atoms in total. The standard InChI is InChI=1S/C6H10N2O2.2C5H11N2O.2Rf/c1-7(5-9)3-4-8(2)6-10;2*1-6-3-4-7(2)5-8;;/h3-4H2,1-2H3;2*6H,3-4H2,1-2H3;;/q-2;2*-1;;. The Morgan fingerprint density at radius 1 is 0.536 bits per heavy atom. The molecule has 0 bridgehead atoms. The molecule has 0 atom stereocenters. The zero-order chi connectivity index (χ0) is 20.8. The van der Waals surface area contributed by atoms with Gasteiger partial charge in [0.15, 0.2) is 0 Å². The Hall–Kier alpha value is -4.20. The van der Waals surface area contributed by atoms with E-state index in [0.717, 1.165) is 26.2 Å². The van der Waals surface area contributed by atoms with Crippen LogP contribution in [0.3, 0.4) is 0 Å². The van der Waals surface area contributed by atoms with Gasteiger partial charge in [0.25, 0.3) is 0 Å². The van der Waals surface area contributed by atoms with Crippen molar-refractivity contribution in [2.45, 2.75) is 0 Å². The largest absolute Gasteiger partial charge is 0.520 e. The summed E-state index contributed by atoms with van der Waals surface area (Å²) in [6.45, 7) is 4.09. The summed E-state index contributed by atoms with van der Waals surface area (Å²) in [5.74, 6) is 0. The maximum absolute atomic E-state index is 9.89. The summed E-state index contributed by atoms with van der Waals surface area (Å²) in [5, 5.41) is 5.82. The Balaban J connectivity index is -0.0000000920. The molecular weight excluding hydrogens is 874 g/mol. The predicted molar refractivity (Wildman–Crippen MR) is 101 cm³/mol. The van der Waals surface area contributed by atoms with Crippen LogP contribution < -0.4 is 10.6 Å². The second-order valence-corrected chi connectivity index (χ2v) is 5.26. The van der Waals surface area contributed by atoms with Crippen LogP contribution in [0.4, 0.5) is 0 Å². The van der Waals surface area contributed by atoms with Crippen molar-refractivity contribution in [2.24, 2.45) is 0 Å². The molecule has 0 aromatic heterocycles. The minimum absolute atomic E-state index is 0. The third-order valence-corrected chi connectivity index (χ3v) is 2.79. The molecule has 0 aliphatic heterocycles. The minimum atomic E-state index is 0. The SMILES string of the molecule is CN([C-]=O)CCN(C)[C-]=O.CNCCN(C)[C-]=O.CNCCN(C)[C-]=O.[Rf].[Rf]. The molecule has 0 aliphatic carbocycles. The third kappa shape index (κ3) is 33.4. The summed E-state index contributed by atoms with van der Waals surface area (Å²) in [4.78, 5) is 45.0. The van der Waals surface area contributed by atoms with Gasteiger partial charge in [-0.15, -0.1) is 0 Å². The number of carbonyl (C=O) groups excluding carboxylic acids is 4. The van der Waals surface area contributed by atoms with Crippen molar-refractivity contribution in [1.29, 1.82) is 0 Å². The van der Waals surface area contributed by atoms with Gasteiger partial charge < -0.3 is 49.4 Å². The predicted octanol–water partition coefficient (Wildman–Crippen LogP) is -2.61. The molecule has 0 spiro atoms. The van der Waals surface area contributed by atoms with Crippen LogP contribution in [0.1, 0.15) is 0 Å². The van der Waals surface area contributed by atoms with Crippen molar-refractivity contribution < 1.29 is 19.2 Å². The second kappa shape index (κ2) is 27.6. The number of rotatable bonds is 13. The number of likely N-dealkylation sites (N-methyl/N-ethyl adjacent to an activating group) is 6. The fraction of sp³-hybridized carbons (Fsp3) is 0.750. The van der Waals surface area contributed by atoms with Gasteiger partial charge >= 0.3 is 0 Å². The van der Waals surface area contributed by atoms with Gasteiger partial charge in [0, 0.05) is 39.3 Å². The van der Waals surface area contributed by atoms with Crippen molar-refractivity contribution in [1.82, 2.24) is 30.2 Å². The molecule has 0 radical (unpaired) electrons. The maximum atomic E-state index is 9.89. The molecule has 0 heterocycles. The van der Waals surface area contributed by atoms with Crippen molar-refractivity contribution >= 4 is 25.6 Å². The van der Waals surface area contributed by atoms with E-state index in [0.29, 0.717) is 13.1 Å². The van der Waals surface area contributed by atoms with E-state index in [-0.39, 0.29) is 0 Å². The molecule has 12 heteroatoms. The summed E-state index contributed by atoms with van der Waals surface area (Å²) < 4.78 is 0. The first kappa shape index (κ1) is 35.0. The van der Waals surface area contributed by atoms with Gasteiger partial charge in [0.2, 0.25) is 0 Å². The summed E-state index contributed by atoms with van der Waals surface area (Å²) in [6.07, 6.45) is 6.83. The summed E-state index contributed by atoms with van der Waals surface area (Å²) >= 11 is 0. The first-order valence-electron chi connectivity index (χ1n) is 7.97. The van der Waals surface area contributed by atoms with E-state index < -0.39 is 0 Å². The molecular formula is C16H32N6O4Rf2-4. The van der Waals surface area contributed by atoms with Gasteiger partial charge in [-0.2, -0.15) is 25.6 Å². The molecule has 4 amide bonds. The number of nitrogens with one attached hydrogen (secondary N) is 2. The Bertz CT molecular complexity index is 325. The normalized spacial score (nSPS) is 8.07. The molecule has 28 heavy (non-hydrogen) atoms. The molecule has 0 unspecified atom stereocenters. The number of nitrogens with zero attached hydrogens (tertiary/aromatic N) is 4. The van der Waals surface area contributed by atoms with Crippen LogP contribution in [0.25, 0.3) is 0 Å². The van der Waals surface area contributed by atoms with Gasteiger partial charge in [0.1, 0.15) is 0 Å². The van der Waals surface area contributed by atoms with Gasteiger partial charge in [-0.05, 0) is 42.3 Å². The van der Waals surface area contributed by atoms with E-state index in [1.807, 2.05) is 14.1 Å². The summed E-state index contributed by atoms with van der Waals surface area (Å²) in [5.41, 5.74) is 0. The van der Waals surface area contributed by atoms with E-state index in [1.165, 1.54) is 19.6 Å². The average molecular weight is 906 g/mol. The van der Waals surface area contributed by atoms with Crippen molar-refractivity contribution in [3.63, 3.8) is 0 Å². The molecule has 158 valence electrons. The molecule has 2 N–H and O–H groups in total. The van der Waals surface area contributed by atoms with Crippen LogP contribution >= 0.6 is 0 Å². The Kier molecular flexibility index (Phi) is 34.6. The average Bonchev–Trinajstić information content (AvgIpc) is 2.68. The zero-order valence-corrected chi connectivity index (χ0v) is 30.9. The van der Waals surface area contributed by atoms with Crippen molar-refractivity contribution in [2.75, 3.05) is 81.6 Å². The maximum Gasteiger partial charge on any atom is 0.00989 e. The van der Waals surface area contributed by atoms with E-state index in [4.69, 9.17) is 0 Å². The van der Waals surface area contributed by atoms with Crippen LogP contribution in [0, 0.1) is 0 Å². The molecule has 0 saturated heterocycles. The number of amides is 4. The Morgan fingerprint density at radius 2 is 0.750 bits per heavy atom. The number of hydrogen-bond donors (Lipinski definition) is 2. The van der Waals surface area contributed by atoms with E-state index >= 15 is 0 Å². The monoisotopic (exact) mass is 906 g/mol. The zero-order valence-electron chi connectivity index (χ0n) is 18.1. The van der Waals surface area contributed by atoms with Crippen LogP contribution in [0.15, 0.2) is 0 Å². The third-order valence-electron chi connectivity index (χ3n) is 2.79. The molecule has 0 fully saturated rings. The molecule has 0 rings (SSSR count). The van der Waals surface area contributed by atoms with Crippen LogP contribution in [0.2, 0.25) is 0 Å². The van der Waals surface area contributed by atoms with Crippen LogP contribution in [0.5, 0.6) is 0 Å².